The van der Waals surface area contributed by atoms with E-state index < -0.39 is 0 Å². The van der Waals surface area contributed by atoms with Gasteiger partial charge in [-0.3, -0.25) is 0 Å². The molecule has 7 nitrogen and oxygen atoms in total. The van der Waals surface area contributed by atoms with E-state index in [9.17, 15) is 0 Å². The van der Waals surface area contributed by atoms with Crippen molar-refractivity contribution in [1.82, 2.24) is 24.7 Å². The smallest absolute Gasteiger partial charge is 0.213 e. The number of aromatic nitrogens is 5. The molecular weight excluding hydrogens is 352 g/mol. The van der Waals surface area contributed by atoms with Crippen LogP contribution in [-0.2, 0) is 6.54 Å². The van der Waals surface area contributed by atoms with E-state index in [1.807, 2.05) is 35.9 Å². The van der Waals surface area contributed by atoms with Gasteiger partial charge in [0.05, 0.1) is 17.5 Å². The minimum Gasteiger partial charge on any atom is -0.478 e. The van der Waals surface area contributed by atoms with E-state index in [1.54, 1.807) is 0 Å². The van der Waals surface area contributed by atoms with Crippen molar-refractivity contribution < 1.29 is 4.74 Å². The Morgan fingerprint density at radius 2 is 1.93 bits per heavy atom. The Morgan fingerprint density at radius 1 is 1.11 bits per heavy atom. The van der Waals surface area contributed by atoms with Crippen LogP contribution in [0.15, 0.2) is 36.7 Å². The molecule has 0 aliphatic carbocycles. The molecule has 2 N–H and O–H groups in total. The fraction of sp³-hybridized carbons (Fsp3) is 0.333. The first-order valence-electron chi connectivity index (χ1n) is 9.37. The monoisotopic (exact) mass is 376 g/mol. The van der Waals surface area contributed by atoms with Crippen molar-refractivity contribution in [2.24, 2.45) is 5.41 Å². The van der Waals surface area contributed by atoms with Gasteiger partial charge in [0, 0.05) is 23.6 Å². The summed E-state index contributed by atoms with van der Waals surface area (Å²) in [6, 6.07) is 9.92. The van der Waals surface area contributed by atoms with E-state index in [4.69, 9.17) is 15.6 Å². The Morgan fingerprint density at radius 3 is 2.68 bits per heavy atom. The zero-order valence-corrected chi connectivity index (χ0v) is 16.6. The van der Waals surface area contributed by atoms with Gasteiger partial charge in [-0.1, -0.05) is 26.8 Å². The van der Waals surface area contributed by atoms with Crippen molar-refractivity contribution in [3.8, 4) is 17.1 Å². The van der Waals surface area contributed by atoms with Crippen LogP contribution in [-0.4, -0.2) is 31.3 Å². The molecule has 0 bridgehead atoms. The fourth-order valence-electron chi connectivity index (χ4n) is 3.27. The summed E-state index contributed by atoms with van der Waals surface area (Å²) in [7, 11) is 0. The van der Waals surface area contributed by atoms with Gasteiger partial charge in [0.15, 0.2) is 5.65 Å². The Bertz CT molecular complexity index is 1160. The molecule has 0 atom stereocenters. The third-order valence-corrected chi connectivity index (χ3v) is 4.41. The minimum absolute atomic E-state index is 0.0545. The molecule has 0 radical (unpaired) electrons. The van der Waals surface area contributed by atoms with E-state index in [0.717, 1.165) is 39.7 Å². The van der Waals surface area contributed by atoms with Crippen LogP contribution in [0, 0.1) is 5.41 Å². The number of hydrogen-bond acceptors (Lipinski definition) is 6. The molecule has 0 fully saturated rings. The van der Waals surface area contributed by atoms with Gasteiger partial charge < -0.3 is 10.5 Å². The molecule has 4 aromatic rings. The molecule has 0 saturated heterocycles. The van der Waals surface area contributed by atoms with E-state index in [2.05, 4.69) is 41.8 Å². The second-order valence-electron chi connectivity index (χ2n) is 8.01. The van der Waals surface area contributed by atoms with E-state index >= 15 is 0 Å². The first kappa shape index (κ1) is 18.2. The number of nitrogen functional groups attached to an aromatic ring is 1. The molecule has 0 spiro atoms. The number of nitrogens with zero attached hydrogens (tertiary/aromatic N) is 5. The summed E-state index contributed by atoms with van der Waals surface area (Å²) in [4.78, 5) is 13.2. The zero-order valence-electron chi connectivity index (χ0n) is 16.6. The molecule has 3 aromatic heterocycles. The highest BCUT2D eigenvalue weighted by atomic mass is 16.5. The summed E-state index contributed by atoms with van der Waals surface area (Å²) < 4.78 is 7.41. The molecule has 4 rings (SSSR count). The summed E-state index contributed by atoms with van der Waals surface area (Å²) in [6.45, 7) is 9.77. The Hall–Kier alpha value is -3.22. The zero-order chi connectivity index (χ0) is 19.9. The normalized spacial score (nSPS) is 12.0. The summed E-state index contributed by atoms with van der Waals surface area (Å²) in [5.74, 6) is 1.06. The van der Waals surface area contributed by atoms with Gasteiger partial charge in [-0.2, -0.15) is 5.10 Å². The van der Waals surface area contributed by atoms with Crippen LogP contribution in [0.5, 0.6) is 5.88 Å². The molecule has 1 aromatic carbocycles. The van der Waals surface area contributed by atoms with Crippen LogP contribution in [0.3, 0.4) is 0 Å². The Balaban J connectivity index is 1.87. The first-order chi connectivity index (χ1) is 13.4. The number of benzene rings is 1. The summed E-state index contributed by atoms with van der Waals surface area (Å²) in [6.07, 6.45) is 1.49. The number of anilines is 1. The number of pyridine rings is 1. The number of ether oxygens (including phenoxy) is 1. The van der Waals surface area contributed by atoms with Crippen molar-refractivity contribution in [1.29, 1.82) is 0 Å². The predicted molar refractivity (Wildman–Crippen MR) is 111 cm³/mol. The van der Waals surface area contributed by atoms with Crippen LogP contribution in [0.25, 0.3) is 33.2 Å². The number of rotatable bonds is 4. The third kappa shape index (κ3) is 3.35. The lowest BCUT2D eigenvalue weighted by Gasteiger charge is -2.18. The van der Waals surface area contributed by atoms with Crippen LogP contribution >= 0.6 is 0 Å². The lowest BCUT2D eigenvalue weighted by Crippen LogP contribution is -2.16. The highest BCUT2D eigenvalue weighted by Gasteiger charge is 2.21. The number of nitrogens with two attached hydrogens (primary N) is 1. The standard InChI is InChI=1S/C21H24N6O/c1-5-28-16-9-7-13-10-14(6-8-15(13)25-16)18-17-19(22)23-12-24-20(17)27(26-18)11-21(2,3)4/h6-10,12H,5,11H2,1-4H3,(H2,22,23,24). The molecule has 144 valence electrons. The maximum absolute atomic E-state index is 6.20. The minimum atomic E-state index is 0.0545. The van der Waals surface area contributed by atoms with Gasteiger partial charge in [-0.05, 0) is 30.5 Å². The molecule has 28 heavy (non-hydrogen) atoms. The third-order valence-electron chi connectivity index (χ3n) is 4.41. The average Bonchev–Trinajstić information content (AvgIpc) is 3.00. The fourth-order valence-corrected chi connectivity index (χ4v) is 3.27. The van der Waals surface area contributed by atoms with Crippen LogP contribution in [0.1, 0.15) is 27.7 Å². The maximum atomic E-state index is 6.20. The van der Waals surface area contributed by atoms with Gasteiger partial charge >= 0.3 is 0 Å². The van der Waals surface area contributed by atoms with Crippen molar-refractivity contribution in [3.05, 3.63) is 36.7 Å². The quantitative estimate of drug-likeness (QED) is 0.577. The lowest BCUT2D eigenvalue weighted by molar-refractivity contribution is 0.328. The van der Waals surface area contributed by atoms with Gasteiger partial charge in [0.2, 0.25) is 5.88 Å². The number of fused-ring (bicyclic) bond motifs is 2. The highest BCUT2D eigenvalue weighted by molar-refractivity contribution is 5.99. The van der Waals surface area contributed by atoms with Crippen LogP contribution in [0.2, 0.25) is 0 Å². The molecule has 0 aliphatic rings. The summed E-state index contributed by atoms with van der Waals surface area (Å²) in [5, 5.41) is 6.64. The van der Waals surface area contributed by atoms with E-state index in [-0.39, 0.29) is 5.41 Å². The van der Waals surface area contributed by atoms with Crippen molar-refractivity contribution in [2.45, 2.75) is 34.2 Å². The topological polar surface area (TPSA) is 91.7 Å². The summed E-state index contributed by atoms with van der Waals surface area (Å²) in [5.41, 5.74) is 9.62. The van der Waals surface area contributed by atoms with Crippen molar-refractivity contribution >= 4 is 27.8 Å². The summed E-state index contributed by atoms with van der Waals surface area (Å²) >= 11 is 0. The molecule has 3 heterocycles. The number of hydrogen-bond donors (Lipinski definition) is 1. The van der Waals surface area contributed by atoms with Gasteiger partial charge in [-0.15, -0.1) is 0 Å². The van der Waals surface area contributed by atoms with Crippen LogP contribution < -0.4 is 10.5 Å². The molecule has 0 aliphatic heterocycles. The molecule has 0 amide bonds. The second kappa shape index (κ2) is 6.74. The van der Waals surface area contributed by atoms with Gasteiger partial charge in [0.25, 0.3) is 0 Å². The average molecular weight is 376 g/mol. The predicted octanol–water partition coefficient (Wildman–Crippen LogP) is 4.07. The first-order valence-corrected chi connectivity index (χ1v) is 9.37. The van der Waals surface area contributed by atoms with Gasteiger partial charge in [-0.25, -0.2) is 19.6 Å². The van der Waals surface area contributed by atoms with Crippen LogP contribution in [0.4, 0.5) is 5.82 Å². The SMILES string of the molecule is CCOc1ccc2cc(-c3nn(CC(C)(C)C)c4ncnc(N)c34)ccc2n1. The van der Waals surface area contributed by atoms with E-state index in [1.165, 1.54) is 6.33 Å². The second-order valence-corrected chi connectivity index (χ2v) is 8.01. The van der Waals surface area contributed by atoms with Crippen molar-refractivity contribution in [3.63, 3.8) is 0 Å². The van der Waals surface area contributed by atoms with Gasteiger partial charge in [0.1, 0.15) is 17.8 Å². The maximum Gasteiger partial charge on any atom is 0.213 e. The van der Waals surface area contributed by atoms with Crippen molar-refractivity contribution in [2.75, 3.05) is 12.3 Å². The Labute approximate surface area is 163 Å². The molecule has 0 unspecified atom stereocenters. The lowest BCUT2D eigenvalue weighted by atomic mass is 9.97. The molecular formula is C21H24N6O. The Kier molecular flexibility index (Phi) is 4.37. The highest BCUT2D eigenvalue weighted by Crippen LogP contribution is 2.33. The molecule has 0 saturated carbocycles. The molecule has 7 heteroatoms. The largest absolute Gasteiger partial charge is 0.478 e. The van der Waals surface area contributed by atoms with E-state index in [0.29, 0.717) is 18.3 Å².